The fourth-order valence-corrected chi connectivity index (χ4v) is 0.459. The van der Waals surface area contributed by atoms with Crippen LogP contribution in [0.25, 0.3) is 0 Å². The van der Waals surface area contributed by atoms with E-state index in [4.69, 9.17) is 0 Å². The van der Waals surface area contributed by atoms with Crippen LogP contribution in [-0.4, -0.2) is 18.0 Å². The van der Waals surface area contributed by atoms with E-state index < -0.39 is 18.0 Å². The van der Waals surface area contributed by atoms with Gasteiger partial charge in [0, 0.05) is 6.42 Å². The van der Waals surface area contributed by atoms with Crippen LogP contribution in [0.5, 0.6) is 0 Å². The van der Waals surface area contributed by atoms with Crippen LogP contribution >= 0.6 is 0 Å². The van der Waals surface area contributed by atoms with Gasteiger partial charge in [0.1, 0.15) is 0 Å². The molecule has 2 nitrogen and oxygen atoms in total. The quantitative estimate of drug-likeness (QED) is 0.445. The predicted octanol–water partition coefficient (Wildman–Crippen LogP) is 1.19. The van der Waals surface area contributed by atoms with E-state index in [1.165, 1.54) is 0 Å². The van der Waals surface area contributed by atoms with Gasteiger partial charge in [-0.1, -0.05) is 6.92 Å². The first kappa shape index (κ1) is 9.20. The Balaban J connectivity index is 4.04. The average molecular weight is 150 g/mol. The molecule has 0 bridgehead atoms. The number of carbonyl (C=O) groups is 2. The third kappa shape index (κ3) is 2.21. The van der Waals surface area contributed by atoms with Crippen molar-refractivity contribution in [3.63, 3.8) is 0 Å². The molecular formula is C6H8F2O2. The van der Waals surface area contributed by atoms with Crippen molar-refractivity contribution in [2.45, 2.75) is 25.7 Å². The lowest BCUT2D eigenvalue weighted by molar-refractivity contribution is -0.149. The summed E-state index contributed by atoms with van der Waals surface area (Å²) >= 11 is 0. The van der Waals surface area contributed by atoms with Crippen molar-refractivity contribution in [3.05, 3.63) is 0 Å². The van der Waals surface area contributed by atoms with E-state index in [-0.39, 0.29) is 6.42 Å². The number of hydrogen-bond donors (Lipinski definition) is 0. The number of carbonyl (C=O) groups excluding carboxylic acids is 2. The molecule has 0 rings (SSSR count). The highest BCUT2D eigenvalue weighted by Crippen LogP contribution is 2.13. The zero-order chi connectivity index (χ0) is 8.20. The van der Waals surface area contributed by atoms with E-state index in [1.54, 1.807) is 6.92 Å². The molecule has 0 aliphatic carbocycles. The van der Waals surface area contributed by atoms with Gasteiger partial charge in [0.05, 0.1) is 0 Å². The Labute approximate surface area is 57.2 Å². The molecule has 4 heteroatoms. The third-order valence-corrected chi connectivity index (χ3v) is 0.997. The Hall–Kier alpha value is -0.800. The molecule has 0 heterocycles. The zero-order valence-electron chi connectivity index (χ0n) is 5.56. The summed E-state index contributed by atoms with van der Waals surface area (Å²) in [6, 6.07) is 0. The van der Waals surface area contributed by atoms with E-state index in [2.05, 4.69) is 0 Å². The van der Waals surface area contributed by atoms with Crippen LogP contribution in [0, 0.1) is 0 Å². The maximum atomic E-state index is 12.0. The minimum atomic E-state index is -3.77. The second-order valence-corrected chi connectivity index (χ2v) is 1.91. The Bertz CT molecular complexity index is 143. The molecule has 0 saturated heterocycles. The van der Waals surface area contributed by atoms with Crippen molar-refractivity contribution in [1.82, 2.24) is 0 Å². The van der Waals surface area contributed by atoms with Gasteiger partial charge in [-0.3, -0.25) is 9.59 Å². The second kappa shape index (κ2) is 3.39. The molecule has 0 aliphatic heterocycles. The smallest absolute Gasteiger partial charge is 0.296 e. The highest BCUT2D eigenvalue weighted by molar-refractivity contribution is 5.99. The third-order valence-electron chi connectivity index (χ3n) is 0.997. The maximum absolute atomic E-state index is 12.0. The molecule has 58 valence electrons. The van der Waals surface area contributed by atoms with Crippen molar-refractivity contribution < 1.29 is 18.4 Å². The van der Waals surface area contributed by atoms with Gasteiger partial charge in [-0.05, 0) is 6.42 Å². The molecule has 0 unspecified atom stereocenters. The number of halogens is 2. The van der Waals surface area contributed by atoms with E-state index in [9.17, 15) is 18.4 Å². The fourth-order valence-electron chi connectivity index (χ4n) is 0.459. The van der Waals surface area contributed by atoms with Crippen molar-refractivity contribution in [1.29, 1.82) is 0 Å². The monoisotopic (exact) mass is 150 g/mol. The molecule has 0 aromatic rings. The standard InChI is InChI=1S/C6H8F2O2/c1-2-3-5(10)6(7,8)4-9/h4H,2-3H2,1H3. The van der Waals surface area contributed by atoms with Gasteiger partial charge in [-0.25, -0.2) is 0 Å². The summed E-state index contributed by atoms with van der Waals surface area (Å²) in [5.41, 5.74) is 0. The lowest BCUT2D eigenvalue weighted by Gasteiger charge is -2.04. The fraction of sp³-hybridized carbons (Fsp3) is 0.667. The van der Waals surface area contributed by atoms with Gasteiger partial charge in [-0.2, -0.15) is 8.78 Å². The van der Waals surface area contributed by atoms with Gasteiger partial charge < -0.3 is 0 Å². The Morgan fingerprint density at radius 3 is 2.40 bits per heavy atom. The van der Waals surface area contributed by atoms with Crippen LogP contribution in [-0.2, 0) is 9.59 Å². The van der Waals surface area contributed by atoms with Crippen molar-refractivity contribution in [3.8, 4) is 0 Å². The van der Waals surface area contributed by atoms with E-state index in [0.717, 1.165) is 0 Å². The van der Waals surface area contributed by atoms with E-state index in [0.29, 0.717) is 6.42 Å². The van der Waals surface area contributed by atoms with Gasteiger partial charge in [0.25, 0.3) is 0 Å². The van der Waals surface area contributed by atoms with E-state index >= 15 is 0 Å². The first-order valence-electron chi connectivity index (χ1n) is 2.92. The normalized spacial score (nSPS) is 11.1. The number of Topliss-reactive ketones (excluding diaryl/α,β-unsaturated/α-hetero) is 1. The van der Waals surface area contributed by atoms with Crippen molar-refractivity contribution in [2.24, 2.45) is 0 Å². The van der Waals surface area contributed by atoms with Crippen LogP contribution in [0.1, 0.15) is 19.8 Å². The SMILES string of the molecule is CCCC(=O)C(F)(F)C=O. The summed E-state index contributed by atoms with van der Waals surface area (Å²) in [5.74, 6) is -5.07. The summed E-state index contributed by atoms with van der Waals surface area (Å²) in [4.78, 5) is 19.9. The summed E-state index contributed by atoms with van der Waals surface area (Å²) in [6.07, 6.45) is -0.529. The first-order valence-corrected chi connectivity index (χ1v) is 2.92. The van der Waals surface area contributed by atoms with Crippen LogP contribution < -0.4 is 0 Å². The number of aldehydes is 1. The molecule has 0 spiro atoms. The van der Waals surface area contributed by atoms with Crippen LogP contribution in [0.2, 0.25) is 0 Å². The van der Waals surface area contributed by atoms with Crippen LogP contribution in [0.3, 0.4) is 0 Å². The van der Waals surface area contributed by atoms with Crippen molar-refractivity contribution in [2.75, 3.05) is 0 Å². The van der Waals surface area contributed by atoms with Gasteiger partial charge in [0.2, 0.25) is 5.78 Å². The first-order chi connectivity index (χ1) is 4.54. The zero-order valence-corrected chi connectivity index (χ0v) is 5.56. The minimum absolute atomic E-state index is 0.244. The van der Waals surface area contributed by atoms with Gasteiger partial charge in [0.15, 0.2) is 6.29 Å². The molecule has 0 aromatic heterocycles. The summed E-state index contributed by atoms with van der Waals surface area (Å²) < 4.78 is 24.0. The number of rotatable bonds is 4. The summed E-state index contributed by atoms with van der Waals surface area (Å²) in [5, 5.41) is 0. The molecular weight excluding hydrogens is 142 g/mol. The largest absolute Gasteiger partial charge is 0.359 e. The Morgan fingerprint density at radius 1 is 1.60 bits per heavy atom. The average Bonchev–Trinajstić information content (AvgIpc) is 1.89. The van der Waals surface area contributed by atoms with Crippen LogP contribution in [0.15, 0.2) is 0 Å². The van der Waals surface area contributed by atoms with Gasteiger partial charge >= 0.3 is 5.92 Å². The molecule has 10 heavy (non-hydrogen) atoms. The number of hydrogen-bond acceptors (Lipinski definition) is 2. The summed E-state index contributed by atoms with van der Waals surface area (Å²) in [7, 11) is 0. The molecule has 0 atom stereocenters. The Kier molecular flexibility index (Phi) is 3.12. The Morgan fingerprint density at radius 2 is 2.10 bits per heavy atom. The highest BCUT2D eigenvalue weighted by atomic mass is 19.3. The molecule has 0 amide bonds. The lowest BCUT2D eigenvalue weighted by atomic mass is 10.1. The highest BCUT2D eigenvalue weighted by Gasteiger charge is 2.36. The molecule has 0 aromatic carbocycles. The summed E-state index contributed by atoms with van der Waals surface area (Å²) in [6.45, 7) is 1.60. The van der Waals surface area contributed by atoms with Gasteiger partial charge in [-0.15, -0.1) is 0 Å². The second-order valence-electron chi connectivity index (χ2n) is 1.91. The molecule has 0 fully saturated rings. The molecule has 0 saturated carbocycles. The maximum Gasteiger partial charge on any atom is 0.359 e. The minimum Gasteiger partial charge on any atom is -0.296 e. The molecule has 0 N–H and O–H groups in total. The number of ketones is 1. The van der Waals surface area contributed by atoms with Crippen LogP contribution in [0.4, 0.5) is 8.78 Å². The topological polar surface area (TPSA) is 34.1 Å². The predicted molar refractivity (Wildman–Crippen MR) is 30.9 cm³/mol. The molecule has 0 aliphatic rings. The lowest BCUT2D eigenvalue weighted by Crippen LogP contribution is -2.29. The van der Waals surface area contributed by atoms with Crippen molar-refractivity contribution >= 4 is 12.1 Å². The molecule has 0 radical (unpaired) electrons. The number of alkyl halides is 2. The van der Waals surface area contributed by atoms with E-state index in [1.807, 2.05) is 0 Å².